The molecule has 2 atom stereocenters. The molecule has 0 radical (unpaired) electrons. The smallest absolute Gasteiger partial charge is 0.303 e. The molecule has 0 aliphatic rings. The van der Waals surface area contributed by atoms with Gasteiger partial charge >= 0.3 is 5.97 Å². The molecule has 4 heteroatoms. The number of allylic oxidation sites excluding steroid dienone is 1. The number of ketones is 1. The van der Waals surface area contributed by atoms with Crippen molar-refractivity contribution in [3.05, 3.63) is 12.2 Å². The molecule has 15 heavy (non-hydrogen) atoms. The predicted molar refractivity (Wildman–Crippen MR) is 58.7 cm³/mol. The van der Waals surface area contributed by atoms with Crippen molar-refractivity contribution in [1.82, 2.24) is 5.32 Å². The van der Waals surface area contributed by atoms with Crippen LogP contribution in [0.3, 0.4) is 0 Å². The maximum absolute atomic E-state index is 11.2. The lowest BCUT2D eigenvalue weighted by molar-refractivity contribution is -0.137. The van der Waals surface area contributed by atoms with E-state index < -0.39 is 5.97 Å². The van der Waals surface area contributed by atoms with Gasteiger partial charge < -0.3 is 10.4 Å². The first-order valence-corrected chi connectivity index (χ1v) is 5.05. The second kappa shape index (κ2) is 7.17. The number of likely N-dealkylation sites (N-methyl/N-ethyl adjacent to an activating group) is 1. The minimum absolute atomic E-state index is 0.0100. The zero-order valence-corrected chi connectivity index (χ0v) is 9.49. The fourth-order valence-corrected chi connectivity index (χ4v) is 1.11. The molecule has 86 valence electrons. The summed E-state index contributed by atoms with van der Waals surface area (Å²) < 4.78 is 0. The van der Waals surface area contributed by atoms with E-state index >= 15 is 0 Å². The maximum Gasteiger partial charge on any atom is 0.303 e. The highest BCUT2D eigenvalue weighted by atomic mass is 16.4. The molecule has 0 saturated heterocycles. The summed E-state index contributed by atoms with van der Waals surface area (Å²) >= 11 is 0. The highest BCUT2D eigenvalue weighted by Gasteiger charge is 2.12. The number of aliphatic carboxylic acids is 1. The van der Waals surface area contributed by atoms with Gasteiger partial charge in [0.05, 0.1) is 0 Å². The van der Waals surface area contributed by atoms with E-state index in [2.05, 4.69) is 5.32 Å². The molecule has 0 heterocycles. The third-order valence-corrected chi connectivity index (χ3v) is 2.28. The van der Waals surface area contributed by atoms with Gasteiger partial charge in [0.2, 0.25) is 0 Å². The molecule has 4 nitrogen and oxygen atoms in total. The summed E-state index contributed by atoms with van der Waals surface area (Å²) in [7, 11) is 1.83. The molecule has 0 bridgehead atoms. The van der Waals surface area contributed by atoms with Crippen LogP contribution in [-0.2, 0) is 9.59 Å². The summed E-state index contributed by atoms with van der Waals surface area (Å²) in [5.41, 5.74) is 0. The normalized spacial score (nSPS) is 15.1. The lowest BCUT2D eigenvalue weighted by atomic mass is 9.98. The fourth-order valence-electron chi connectivity index (χ4n) is 1.11. The molecule has 0 amide bonds. The maximum atomic E-state index is 11.2. The van der Waals surface area contributed by atoms with Crippen molar-refractivity contribution in [3.63, 3.8) is 0 Å². The molecule has 0 aromatic rings. The van der Waals surface area contributed by atoms with Gasteiger partial charge in [0, 0.05) is 18.4 Å². The summed E-state index contributed by atoms with van der Waals surface area (Å²) in [5, 5.41) is 11.5. The number of nitrogens with one attached hydrogen (secondary N) is 1. The van der Waals surface area contributed by atoms with Gasteiger partial charge in [-0.15, -0.1) is 0 Å². The summed E-state index contributed by atoms with van der Waals surface area (Å²) in [6, 6.07) is 0.191. The van der Waals surface area contributed by atoms with E-state index in [1.54, 1.807) is 6.08 Å². The first kappa shape index (κ1) is 13.8. The van der Waals surface area contributed by atoms with Crippen LogP contribution in [0.1, 0.15) is 26.7 Å². The van der Waals surface area contributed by atoms with E-state index in [4.69, 9.17) is 5.11 Å². The minimum atomic E-state index is -0.865. The number of carbonyl (C=O) groups is 2. The first-order valence-electron chi connectivity index (χ1n) is 5.05. The number of rotatable bonds is 7. The van der Waals surface area contributed by atoms with Gasteiger partial charge in [-0.25, -0.2) is 0 Å². The highest BCUT2D eigenvalue weighted by Crippen LogP contribution is 2.10. The SMILES string of the molecule is CN[C@@H](C)/C=C/[C@@H](CCC(=O)O)C(C)=O. The third-order valence-electron chi connectivity index (χ3n) is 2.28. The number of carboxylic acid groups (broad SMARTS) is 1. The van der Waals surface area contributed by atoms with Crippen LogP contribution < -0.4 is 5.32 Å². The Kier molecular flexibility index (Phi) is 6.62. The summed E-state index contributed by atoms with van der Waals surface area (Å²) in [6.45, 7) is 3.45. The molecule has 0 saturated carbocycles. The predicted octanol–water partition coefficient (Wildman–Crippen LogP) is 1.22. The van der Waals surface area contributed by atoms with Crippen LogP contribution in [0.5, 0.6) is 0 Å². The molecule has 0 aliphatic heterocycles. The number of hydrogen-bond acceptors (Lipinski definition) is 3. The van der Waals surface area contributed by atoms with Crippen molar-refractivity contribution in [2.75, 3.05) is 7.05 Å². The van der Waals surface area contributed by atoms with Crippen LogP contribution >= 0.6 is 0 Å². The van der Waals surface area contributed by atoms with E-state index in [9.17, 15) is 9.59 Å². The molecule has 0 rings (SSSR count). The Balaban J connectivity index is 4.21. The zero-order valence-electron chi connectivity index (χ0n) is 9.49. The van der Waals surface area contributed by atoms with Gasteiger partial charge in [0.15, 0.2) is 0 Å². The van der Waals surface area contributed by atoms with E-state index in [0.29, 0.717) is 6.42 Å². The number of hydrogen-bond donors (Lipinski definition) is 2. The van der Waals surface area contributed by atoms with Crippen molar-refractivity contribution in [2.24, 2.45) is 5.92 Å². The lowest BCUT2D eigenvalue weighted by Gasteiger charge is -2.09. The standard InChI is InChI=1S/C11H19NO3/c1-8(12-3)4-5-10(9(2)13)6-7-11(14)15/h4-5,8,10,12H,6-7H2,1-3H3,(H,14,15)/b5-4+/t8-,10-/m0/s1. The van der Waals surface area contributed by atoms with E-state index in [1.165, 1.54) is 6.92 Å². The molecule has 0 aromatic carbocycles. The average Bonchev–Trinajstić information content (AvgIpc) is 2.16. The topological polar surface area (TPSA) is 66.4 Å². The van der Waals surface area contributed by atoms with Gasteiger partial charge in [-0.2, -0.15) is 0 Å². The molecule has 0 aromatic heterocycles. The molecule has 0 unspecified atom stereocenters. The minimum Gasteiger partial charge on any atom is -0.481 e. The highest BCUT2D eigenvalue weighted by molar-refractivity contribution is 5.80. The second-order valence-corrected chi connectivity index (χ2v) is 3.61. The van der Waals surface area contributed by atoms with Gasteiger partial charge in [-0.3, -0.25) is 9.59 Å². The van der Waals surface area contributed by atoms with Crippen LogP contribution in [-0.4, -0.2) is 29.9 Å². The van der Waals surface area contributed by atoms with Crippen molar-refractivity contribution >= 4 is 11.8 Å². The molecule has 0 aliphatic carbocycles. The Bertz CT molecular complexity index is 248. The van der Waals surface area contributed by atoms with Gasteiger partial charge in [0.25, 0.3) is 0 Å². The van der Waals surface area contributed by atoms with Crippen LogP contribution in [0.25, 0.3) is 0 Å². The molecule has 0 fully saturated rings. The van der Waals surface area contributed by atoms with E-state index in [-0.39, 0.29) is 24.2 Å². The van der Waals surface area contributed by atoms with Crippen molar-refractivity contribution in [1.29, 1.82) is 0 Å². The fraction of sp³-hybridized carbons (Fsp3) is 0.636. The Morgan fingerprint density at radius 2 is 2.00 bits per heavy atom. The Morgan fingerprint density at radius 3 is 2.40 bits per heavy atom. The van der Waals surface area contributed by atoms with Gasteiger partial charge in [-0.1, -0.05) is 12.2 Å². The zero-order chi connectivity index (χ0) is 11.8. The Morgan fingerprint density at radius 1 is 1.40 bits per heavy atom. The lowest BCUT2D eigenvalue weighted by Crippen LogP contribution is -2.19. The van der Waals surface area contributed by atoms with Crippen molar-refractivity contribution < 1.29 is 14.7 Å². The van der Waals surface area contributed by atoms with Gasteiger partial charge in [0.1, 0.15) is 5.78 Å². The quantitative estimate of drug-likeness (QED) is 0.624. The van der Waals surface area contributed by atoms with Crippen LogP contribution in [0, 0.1) is 5.92 Å². The summed E-state index contributed by atoms with van der Waals surface area (Å²) in [5.74, 6) is -1.14. The average molecular weight is 213 g/mol. The van der Waals surface area contributed by atoms with E-state index in [1.807, 2.05) is 20.0 Å². The monoisotopic (exact) mass is 213 g/mol. The first-order chi connectivity index (χ1) is 6.97. The van der Waals surface area contributed by atoms with Crippen molar-refractivity contribution in [3.8, 4) is 0 Å². The molecular formula is C11H19NO3. The van der Waals surface area contributed by atoms with Crippen LogP contribution in [0.4, 0.5) is 0 Å². The molecule has 2 N–H and O–H groups in total. The number of carboxylic acids is 1. The van der Waals surface area contributed by atoms with Crippen LogP contribution in [0.2, 0.25) is 0 Å². The molecule has 0 spiro atoms. The third kappa shape index (κ3) is 6.85. The second-order valence-electron chi connectivity index (χ2n) is 3.61. The number of Topliss-reactive ketones (excluding diaryl/α,β-unsaturated/α-hetero) is 1. The summed E-state index contributed by atoms with van der Waals surface area (Å²) in [4.78, 5) is 21.6. The number of carbonyl (C=O) groups excluding carboxylic acids is 1. The van der Waals surface area contributed by atoms with E-state index in [0.717, 1.165) is 0 Å². The van der Waals surface area contributed by atoms with Crippen molar-refractivity contribution in [2.45, 2.75) is 32.7 Å². The summed E-state index contributed by atoms with van der Waals surface area (Å²) in [6.07, 6.45) is 4.07. The van der Waals surface area contributed by atoms with Gasteiger partial charge in [-0.05, 0) is 27.3 Å². The Labute approximate surface area is 90.4 Å². The molecular weight excluding hydrogens is 194 g/mol. The van der Waals surface area contributed by atoms with Crippen LogP contribution in [0.15, 0.2) is 12.2 Å². The largest absolute Gasteiger partial charge is 0.481 e. The Hall–Kier alpha value is -1.16.